The maximum absolute atomic E-state index is 13.0. The molecule has 2 heterocycles. The molecule has 0 aliphatic carbocycles. The molecule has 1 fully saturated rings. The Balaban J connectivity index is 1.15. The zero-order chi connectivity index (χ0) is 31.9. The van der Waals surface area contributed by atoms with Gasteiger partial charge in [0, 0.05) is 40.5 Å². The van der Waals surface area contributed by atoms with Crippen LogP contribution >= 0.6 is 23.2 Å². The van der Waals surface area contributed by atoms with Gasteiger partial charge in [0.15, 0.2) is 0 Å². The van der Waals surface area contributed by atoms with Gasteiger partial charge in [-0.1, -0.05) is 53.5 Å². The number of para-hydroxylation sites is 1. The summed E-state index contributed by atoms with van der Waals surface area (Å²) >= 11 is 13.2. The fourth-order valence-corrected chi connectivity index (χ4v) is 5.53. The predicted octanol–water partition coefficient (Wildman–Crippen LogP) is 5.91. The summed E-state index contributed by atoms with van der Waals surface area (Å²) in [6.45, 7) is 2.58. The number of pyridine rings is 1. The summed E-state index contributed by atoms with van der Waals surface area (Å²) in [5, 5.41) is 10.3. The quantitative estimate of drug-likeness (QED) is 0.185. The lowest BCUT2D eigenvalue weighted by molar-refractivity contribution is -0.122. The first-order chi connectivity index (χ1) is 21.7. The molecule has 1 saturated heterocycles. The number of anilines is 2. The Hall–Kier alpha value is -4.44. The number of fused-ring (bicyclic) bond motifs is 1. The van der Waals surface area contributed by atoms with E-state index in [2.05, 4.69) is 20.9 Å². The minimum Gasteiger partial charge on any atom is -0.487 e. The number of amides is 3. The highest BCUT2D eigenvalue weighted by atomic mass is 35.5. The molecule has 1 aromatic heterocycles. The highest BCUT2D eigenvalue weighted by molar-refractivity contribution is 6.38. The lowest BCUT2D eigenvalue weighted by Crippen LogP contribution is -2.37. The summed E-state index contributed by atoms with van der Waals surface area (Å²) in [4.78, 5) is 43.6. The molecule has 1 aliphatic rings. The predicted molar refractivity (Wildman–Crippen MR) is 179 cm³/mol. The molecule has 0 bridgehead atoms. The van der Waals surface area contributed by atoms with Crippen LogP contribution in [0.3, 0.4) is 0 Å². The van der Waals surface area contributed by atoms with E-state index in [4.69, 9.17) is 27.9 Å². The van der Waals surface area contributed by atoms with E-state index in [1.54, 1.807) is 49.5 Å². The lowest BCUT2D eigenvalue weighted by Gasteiger charge is -2.21. The summed E-state index contributed by atoms with van der Waals surface area (Å²) in [7, 11) is 1.57. The van der Waals surface area contributed by atoms with Gasteiger partial charge in [0.05, 0.1) is 23.3 Å². The van der Waals surface area contributed by atoms with E-state index in [9.17, 15) is 14.4 Å². The molecule has 0 unspecified atom stereocenters. The molecule has 3 aromatic carbocycles. The number of benzene rings is 3. The number of hydrogen-bond acceptors (Lipinski definition) is 6. The van der Waals surface area contributed by atoms with Crippen LogP contribution in [0.4, 0.5) is 11.4 Å². The van der Waals surface area contributed by atoms with E-state index in [-0.39, 0.29) is 36.0 Å². The first-order valence-corrected chi connectivity index (χ1v) is 15.3. The van der Waals surface area contributed by atoms with Crippen molar-refractivity contribution in [1.29, 1.82) is 0 Å². The highest BCUT2D eigenvalue weighted by Crippen LogP contribution is 2.35. The molecule has 9 nitrogen and oxygen atoms in total. The molecule has 1 atom stereocenters. The molecular weight excluding hydrogens is 613 g/mol. The molecule has 0 saturated carbocycles. The largest absolute Gasteiger partial charge is 0.487 e. The maximum atomic E-state index is 13.0. The number of nitrogens with zero attached hydrogens (tertiary/aromatic N) is 2. The molecule has 45 heavy (non-hydrogen) atoms. The third-order valence-corrected chi connectivity index (χ3v) is 8.27. The number of rotatable bonds is 10. The number of aromatic nitrogens is 1. The fraction of sp³-hybridized carbons (Fsp3) is 0.235. The van der Waals surface area contributed by atoms with Crippen LogP contribution in [0.25, 0.3) is 17.0 Å². The van der Waals surface area contributed by atoms with Crippen molar-refractivity contribution in [3.63, 3.8) is 0 Å². The van der Waals surface area contributed by atoms with Crippen molar-refractivity contribution >= 4 is 69.3 Å². The molecule has 1 aliphatic heterocycles. The fourth-order valence-electron chi connectivity index (χ4n) is 4.92. The topological polar surface area (TPSA) is 113 Å². The van der Waals surface area contributed by atoms with Crippen molar-refractivity contribution in [1.82, 2.24) is 15.6 Å². The molecular formula is C34H33Cl2N5O4. The van der Waals surface area contributed by atoms with Crippen LogP contribution in [0.5, 0.6) is 5.75 Å². The van der Waals surface area contributed by atoms with Crippen LogP contribution in [0.15, 0.2) is 72.8 Å². The molecule has 3 N–H and O–H groups in total. The van der Waals surface area contributed by atoms with Crippen LogP contribution in [0.1, 0.15) is 29.7 Å². The molecule has 4 aromatic rings. The zero-order valence-corrected chi connectivity index (χ0v) is 26.4. The van der Waals surface area contributed by atoms with Gasteiger partial charge >= 0.3 is 0 Å². The van der Waals surface area contributed by atoms with Gasteiger partial charge in [-0.2, -0.15) is 0 Å². The second-order valence-corrected chi connectivity index (χ2v) is 11.5. The Morgan fingerprint density at radius 1 is 1.07 bits per heavy atom. The van der Waals surface area contributed by atoms with Crippen LogP contribution < -0.4 is 25.6 Å². The number of ether oxygens (including phenoxy) is 1. The first kappa shape index (κ1) is 32.0. The van der Waals surface area contributed by atoms with E-state index < -0.39 is 5.91 Å². The Morgan fingerprint density at radius 2 is 1.87 bits per heavy atom. The Morgan fingerprint density at radius 3 is 2.62 bits per heavy atom. The van der Waals surface area contributed by atoms with Gasteiger partial charge in [-0.05, 0) is 74.3 Å². The molecule has 11 heteroatoms. The van der Waals surface area contributed by atoms with Crippen LogP contribution in [-0.4, -0.2) is 48.9 Å². The second-order valence-electron chi connectivity index (χ2n) is 10.7. The second kappa shape index (κ2) is 14.6. The Labute approximate surface area is 271 Å². The van der Waals surface area contributed by atoms with Crippen molar-refractivity contribution in [3.05, 3.63) is 99.7 Å². The van der Waals surface area contributed by atoms with Gasteiger partial charge in [0.1, 0.15) is 17.9 Å². The number of aryl methyl sites for hydroxylation is 1. The third-order valence-electron chi connectivity index (χ3n) is 7.49. The summed E-state index contributed by atoms with van der Waals surface area (Å²) in [5.74, 6) is -0.272. The molecule has 0 spiro atoms. The van der Waals surface area contributed by atoms with Crippen molar-refractivity contribution in [2.45, 2.75) is 32.4 Å². The number of carbonyl (C=O) groups is 3. The minimum absolute atomic E-state index is 0.0530. The number of halogens is 2. The van der Waals surface area contributed by atoms with Crippen molar-refractivity contribution in [2.75, 3.05) is 30.4 Å². The Bertz CT molecular complexity index is 1750. The summed E-state index contributed by atoms with van der Waals surface area (Å²) in [6.07, 6.45) is 4.79. The van der Waals surface area contributed by atoms with Crippen LogP contribution in [0, 0.1) is 6.92 Å². The molecule has 5 rings (SSSR count). The van der Waals surface area contributed by atoms with E-state index in [1.807, 2.05) is 37.3 Å². The minimum atomic E-state index is -0.434. The summed E-state index contributed by atoms with van der Waals surface area (Å²) in [6, 6.07) is 19.9. The van der Waals surface area contributed by atoms with Crippen molar-refractivity contribution in [3.8, 4) is 5.75 Å². The van der Waals surface area contributed by atoms with E-state index in [1.165, 1.54) is 11.0 Å². The zero-order valence-electron chi connectivity index (χ0n) is 24.9. The van der Waals surface area contributed by atoms with Crippen LogP contribution in [-0.2, 0) is 21.0 Å². The maximum Gasteiger partial charge on any atom is 0.246 e. The average Bonchev–Trinajstić information content (AvgIpc) is 3.59. The number of hydrogen-bond donors (Lipinski definition) is 3. The normalized spacial score (nSPS) is 14.4. The first-order valence-electron chi connectivity index (χ1n) is 14.5. The smallest absolute Gasteiger partial charge is 0.246 e. The van der Waals surface area contributed by atoms with E-state index >= 15 is 0 Å². The van der Waals surface area contributed by atoms with Crippen LogP contribution in [0.2, 0.25) is 10.0 Å². The number of carbonyl (C=O) groups excluding carboxylic acids is 3. The van der Waals surface area contributed by atoms with Gasteiger partial charge in [-0.15, -0.1) is 0 Å². The lowest BCUT2D eigenvalue weighted by atomic mass is 10.1. The SMILES string of the molecule is Cc1ccc2cccc(OCc3c(Cl)ccc(N(C)C(=O)CNC(=O)C=Cc4ccc(NC(=O)[C@@H]5CCCN5)cc4)c3Cl)c2n1. The Kier molecular flexibility index (Phi) is 10.3. The van der Waals surface area contributed by atoms with Gasteiger partial charge in [0.25, 0.3) is 0 Å². The van der Waals surface area contributed by atoms with Gasteiger partial charge in [-0.3, -0.25) is 14.4 Å². The molecule has 3 amide bonds. The van der Waals surface area contributed by atoms with E-state index in [0.717, 1.165) is 41.5 Å². The number of likely N-dealkylation sites (N-methyl/N-ethyl adjacent to an activating group) is 1. The van der Waals surface area contributed by atoms with Gasteiger partial charge in [-0.25, -0.2) is 4.98 Å². The highest BCUT2D eigenvalue weighted by Gasteiger charge is 2.22. The van der Waals surface area contributed by atoms with Crippen molar-refractivity contribution in [2.24, 2.45) is 0 Å². The van der Waals surface area contributed by atoms with Gasteiger partial charge < -0.3 is 25.6 Å². The average molecular weight is 647 g/mol. The monoisotopic (exact) mass is 645 g/mol. The third kappa shape index (κ3) is 7.99. The molecule has 232 valence electrons. The van der Waals surface area contributed by atoms with Gasteiger partial charge in [0.2, 0.25) is 17.7 Å². The molecule has 0 radical (unpaired) electrons. The standard InChI is InChI=1S/C34H33Cl2N5O4/c1-21-8-12-23-5-3-7-29(33(23)39-21)45-20-25-26(35)15-16-28(32(25)36)41(2)31(43)19-38-30(42)17-11-22-9-13-24(14-10-22)40-34(44)27-6-4-18-37-27/h3,5,7-17,27,37H,4,6,18-20H2,1-2H3,(H,38,42)(H,40,44)/t27-/m0/s1. The number of nitrogens with one attached hydrogen (secondary N) is 3. The van der Waals surface area contributed by atoms with E-state index in [0.29, 0.717) is 27.7 Å². The summed E-state index contributed by atoms with van der Waals surface area (Å²) < 4.78 is 6.08. The van der Waals surface area contributed by atoms with Crippen molar-refractivity contribution < 1.29 is 19.1 Å². The summed E-state index contributed by atoms with van der Waals surface area (Å²) in [5.41, 5.74) is 4.00.